The van der Waals surface area contributed by atoms with Gasteiger partial charge in [0.1, 0.15) is 19.0 Å². The Morgan fingerprint density at radius 1 is 0.394 bits per heavy atom. The van der Waals surface area contributed by atoms with E-state index in [9.17, 15) is 74.6 Å². The lowest BCUT2D eigenvalue weighted by Crippen LogP contribution is -2.50. The van der Waals surface area contributed by atoms with E-state index in [1.165, 1.54) is 97.1 Å². The van der Waals surface area contributed by atoms with E-state index in [4.69, 9.17) is 33.2 Å². The number of benzene rings is 8. The second-order valence-electron chi connectivity index (χ2n) is 21.5. The highest BCUT2D eigenvalue weighted by Crippen LogP contribution is 2.37. The lowest BCUT2D eigenvalue weighted by atomic mass is 9.81. The van der Waals surface area contributed by atoms with Crippen molar-refractivity contribution in [1.29, 1.82) is 0 Å². The van der Waals surface area contributed by atoms with Crippen LogP contribution in [0.5, 0.6) is 11.5 Å². The summed E-state index contributed by atoms with van der Waals surface area (Å²) in [7, 11) is 0. The number of halogens is 6. The third-order valence-corrected chi connectivity index (χ3v) is 14.9. The minimum atomic E-state index is -4.52. The van der Waals surface area contributed by atoms with E-state index in [-0.39, 0.29) is 83.5 Å². The Hall–Kier alpha value is -11.6. The number of alkyl halides is 6. The number of ether oxygens (including phenoxy) is 7. The first-order valence-electron chi connectivity index (χ1n) is 30.6. The summed E-state index contributed by atoms with van der Waals surface area (Å²) in [5.41, 5.74) is -3.02. The molecule has 8 aromatic carbocycles. The van der Waals surface area contributed by atoms with Crippen LogP contribution in [0.15, 0.2) is 194 Å². The quantitative estimate of drug-likeness (QED) is 0.0120. The number of nitrogens with one attached hydrogen (secondary N) is 2. The fraction of sp³-hybridized carbons (Fsp3) is 0.230. The third kappa shape index (κ3) is 18.9. The van der Waals surface area contributed by atoms with Gasteiger partial charge in [0.15, 0.2) is 5.75 Å². The highest BCUT2D eigenvalue weighted by molar-refractivity contribution is 6.11. The van der Waals surface area contributed by atoms with E-state index in [0.29, 0.717) is 27.8 Å². The minimum Gasteiger partial charge on any atom is -0.506 e. The average molecular weight is 1370 g/mol. The van der Waals surface area contributed by atoms with Crippen LogP contribution in [-0.2, 0) is 98.0 Å². The summed E-state index contributed by atoms with van der Waals surface area (Å²) >= 11 is 0. The molecule has 0 aromatic heterocycles. The predicted molar refractivity (Wildman–Crippen MR) is 348 cm³/mol. The Kier molecular flexibility index (Phi) is 25.6. The van der Waals surface area contributed by atoms with Gasteiger partial charge in [-0.1, -0.05) is 133 Å². The van der Waals surface area contributed by atoms with Crippen LogP contribution in [0.25, 0.3) is 22.3 Å². The summed E-state index contributed by atoms with van der Waals surface area (Å²) < 4.78 is 115. The van der Waals surface area contributed by atoms with E-state index in [2.05, 4.69) is 10.6 Å². The van der Waals surface area contributed by atoms with Gasteiger partial charge in [-0.2, -0.15) is 26.3 Å². The summed E-state index contributed by atoms with van der Waals surface area (Å²) in [5.74, 6) is -7.98. The average Bonchev–Trinajstić information content (AvgIpc) is 0.783. The van der Waals surface area contributed by atoms with Crippen LogP contribution >= 0.6 is 0 Å². The van der Waals surface area contributed by atoms with Gasteiger partial charge < -0.3 is 48.9 Å². The van der Waals surface area contributed by atoms with Crippen LogP contribution in [0, 0.1) is 0 Å². The van der Waals surface area contributed by atoms with Crippen LogP contribution in [0.1, 0.15) is 88.7 Å². The van der Waals surface area contributed by atoms with Crippen LogP contribution in [0.4, 0.5) is 37.7 Å². The molecule has 0 saturated heterocycles. The van der Waals surface area contributed by atoms with Gasteiger partial charge in [0, 0.05) is 18.1 Å². The molecule has 25 heteroatoms. The van der Waals surface area contributed by atoms with Crippen molar-refractivity contribution in [3.63, 3.8) is 0 Å². The maximum atomic E-state index is 13.5. The summed E-state index contributed by atoms with van der Waals surface area (Å²) in [6, 6.07) is 45.5. The molecule has 99 heavy (non-hydrogen) atoms. The van der Waals surface area contributed by atoms with Crippen molar-refractivity contribution < 1.29 is 108 Å². The van der Waals surface area contributed by atoms with Crippen molar-refractivity contribution in [3.8, 4) is 33.8 Å². The molecule has 0 aliphatic heterocycles. The first-order valence-corrected chi connectivity index (χ1v) is 30.6. The van der Waals surface area contributed by atoms with Crippen molar-refractivity contribution in [3.05, 3.63) is 239 Å². The monoisotopic (exact) mass is 1370 g/mol. The normalized spacial score (nSPS) is 11.3. The van der Waals surface area contributed by atoms with Gasteiger partial charge in [0.05, 0.1) is 61.8 Å². The molecular formula is C74H66F6N2O17. The molecule has 2 amide bonds. The molecule has 0 aliphatic rings. The van der Waals surface area contributed by atoms with Gasteiger partial charge in [-0.15, -0.1) is 0 Å². The lowest BCUT2D eigenvalue weighted by Gasteiger charge is -2.29. The predicted octanol–water partition coefficient (Wildman–Crippen LogP) is 13.2. The van der Waals surface area contributed by atoms with E-state index in [1.54, 1.807) is 100 Å². The molecule has 0 unspecified atom stereocenters. The second kappa shape index (κ2) is 33.8. The molecule has 0 atom stereocenters. The Balaban J connectivity index is 0.000000279. The molecule has 0 bridgehead atoms. The molecule has 19 nitrogen and oxygen atoms in total. The van der Waals surface area contributed by atoms with Gasteiger partial charge in [-0.25, -0.2) is 0 Å². The van der Waals surface area contributed by atoms with Crippen LogP contribution in [0.3, 0.4) is 0 Å². The van der Waals surface area contributed by atoms with Crippen molar-refractivity contribution in [2.75, 3.05) is 50.3 Å². The van der Waals surface area contributed by atoms with Crippen molar-refractivity contribution in [2.24, 2.45) is 0 Å². The zero-order valence-corrected chi connectivity index (χ0v) is 53.9. The maximum Gasteiger partial charge on any atom is 0.416 e. The molecule has 8 aromatic rings. The summed E-state index contributed by atoms with van der Waals surface area (Å²) in [4.78, 5) is 117. The number of phenolic OH excluding ortho intramolecular Hbond substituents is 1. The first kappa shape index (κ1) is 74.8. The van der Waals surface area contributed by atoms with Gasteiger partial charge >= 0.3 is 54.1 Å². The molecule has 0 spiro atoms. The summed E-state index contributed by atoms with van der Waals surface area (Å²) in [6.07, 6.45) is -9.79. The molecule has 8 rings (SSSR count). The molecule has 0 heterocycles. The van der Waals surface area contributed by atoms with Crippen molar-refractivity contribution in [2.45, 2.75) is 70.6 Å². The number of rotatable bonds is 25. The topological polar surface area (TPSA) is 263 Å². The summed E-state index contributed by atoms with van der Waals surface area (Å²) in [6.45, 7) is 5.80. The molecule has 0 saturated carbocycles. The first-order chi connectivity index (χ1) is 47.2. The molecule has 0 fully saturated rings. The van der Waals surface area contributed by atoms with Gasteiger partial charge in [-0.05, 0) is 133 Å². The number of carbonyl (C=O) groups excluding carboxylic acids is 9. The van der Waals surface area contributed by atoms with Gasteiger partial charge in [-0.3, -0.25) is 43.2 Å². The Morgan fingerprint density at radius 2 is 0.737 bits per heavy atom. The largest absolute Gasteiger partial charge is 0.506 e. The molecule has 516 valence electrons. The fourth-order valence-electron chi connectivity index (χ4n) is 10.1. The Bertz CT molecular complexity index is 4170. The van der Waals surface area contributed by atoms with Crippen LogP contribution < -0.4 is 15.4 Å². The summed E-state index contributed by atoms with van der Waals surface area (Å²) in [5, 5.41) is 15.9. The number of carbonyl (C=O) groups is 9. The van der Waals surface area contributed by atoms with Crippen molar-refractivity contribution in [1.82, 2.24) is 0 Å². The fourth-order valence-corrected chi connectivity index (χ4v) is 10.1. The minimum absolute atomic E-state index is 0.00653. The standard InChI is InChI=1S/C38H34F3NO9.C36H32F3NO8/c1-4-48-35(46)37(36(47)49-5-2,27-11-7-6-8-12-27)23-50-33(44)22-25-15-20-31(32(21-25)51-24(3)43)42-34(45)30-14-10-9-13-29(30)26-16-18-28(19-17-26)38(39,40)41;1-3-46-33(44)35(34(45)47-4-2,25-10-6-5-7-11-25)22-48-31(42)21-23-14-19-29(30(41)20-23)40-32(43)28-13-9-8-12-27(28)24-15-17-26(18-16-24)36(37,38)39/h6-21H,4-5,22-23H2,1-3H3,(H,42,45);5-20,41H,3-4,21-22H2,1-2H3,(H,40,43). The van der Waals surface area contributed by atoms with Gasteiger partial charge in [0.25, 0.3) is 11.8 Å². The van der Waals surface area contributed by atoms with Crippen LogP contribution in [0.2, 0.25) is 0 Å². The number of amides is 2. The Labute approximate surface area is 563 Å². The molecule has 3 N–H and O–H groups in total. The second-order valence-corrected chi connectivity index (χ2v) is 21.5. The number of esters is 7. The number of hydrogen-bond acceptors (Lipinski definition) is 17. The SMILES string of the molecule is CCOC(=O)C(COC(=O)Cc1ccc(NC(=O)c2ccccc2-c2ccc(C(F)(F)F)cc2)c(O)c1)(C(=O)OCC)c1ccccc1.CCOC(=O)C(COC(=O)Cc1ccc(NC(=O)c2ccccc2-c2ccc(C(F)(F)F)cc2)c(OC(C)=O)c1)(C(=O)OCC)c1ccccc1. The van der Waals surface area contributed by atoms with Crippen molar-refractivity contribution >= 4 is 65.0 Å². The van der Waals surface area contributed by atoms with E-state index in [1.807, 2.05) is 0 Å². The number of phenols is 1. The zero-order chi connectivity index (χ0) is 72.1. The smallest absolute Gasteiger partial charge is 0.416 e. The lowest BCUT2D eigenvalue weighted by molar-refractivity contribution is -0.172. The van der Waals surface area contributed by atoms with E-state index < -0.39 is 108 Å². The molecular weight excluding hydrogens is 1300 g/mol. The third-order valence-electron chi connectivity index (χ3n) is 14.9. The number of aromatic hydroxyl groups is 1. The van der Waals surface area contributed by atoms with E-state index in [0.717, 1.165) is 31.2 Å². The van der Waals surface area contributed by atoms with Crippen LogP contribution in [-0.4, -0.2) is 98.3 Å². The van der Waals surface area contributed by atoms with Gasteiger partial charge in [0.2, 0.25) is 10.8 Å². The molecule has 0 aliphatic carbocycles. The highest BCUT2D eigenvalue weighted by atomic mass is 19.4. The highest BCUT2D eigenvalue weighted by Gasteiger charge is 2.53. The maximum absolute atomic E-state index is 13.5. The zero-order valence-electron chi connectivity index (χ0n) is 53.9. The Morgan fingerprint density at radius 3 is 1.09 bits per heavy atom. The van der Waals surface area contributed by atoms with E-state index >= 15 is 0 Å². The number of hydrogen-bond donors (Lipinski definition) is 3. The number of anilines is 2. The molecule has 0 radical (unpaired) electrons.